The lowest BCUT2D eigenvalue weighted by Gasteiger charge is -2.18. The Bertz CT molecular complexity index is 598. The molecule has 0 amide bonds. The van der Waals surface area contributed by atoms with Crippen LogP contribution in [0.3, 0.4) is 0 Å². The zero-order valence-electron chi connectivity index (χ0n) is 14.1. The highest BCUT2D eigenvalue weighted by atomic mass is 16.4. The van der Waals surface area contributed by atoms with E-state index >= 15 is 0 Å². The number of rotatable bonds is 3. The molecule has 0 aliphatic rings. The molecule has 0 aliphatic heterocycles. The van der Waals surface area contributed by atoms with Gasteiger partial charge < -0.3 is 9.73 Å². The second-order valence-corrected chi connectivity index (χ2v) is 7.52. The van der Waals surface area contributed by atoms with Gasteiger partial charge in [-0.1, -0.05) is 20.8 Å². The molecule has 2 rings (SSSR count). The van der Waals surface area contributed by atoms with Crippen LogP contribution in [-0.4, -0.2) is 14.8 Å². The van der Waals surface area contributed by atoms with Crippen molar-refractivity contribution in [2.45, 2.75) is 65.5 Å². The fraction of sp³-hybridized carbons (Fsp3) is 0.625. The zero-order valence-corrected chi connectivity index (χ0v) is 14.1. The van der Waals surface area contributed by atoms with Crippen molar-refractivity contribution < 1.29 is 4.42 Å². The lowest BCUT2D eigenvalue weighted by atomic mass is 9.94. The molecule has 2 aromatic heterocycles. The van der Waals surface area contributed by atoms with Crippen molar-refractivity contribution in [1.29, 1.82) is 0 Å². The Morgan fingerprint density at radius 3 is 2.29 bits per heavy atom. The SMILES string of the molecule is C[C@H](Nc1cnn(C(C)(C)C)c1)c1ncc(C(C)(C)C)o1. The fourth-order valence-electron chi connectivity index (χ4n) is 1.91. The summed E-state index contributed by atoms with van der Waals surface area (Å²) < 4.78 is 7.80. The third-order valence-corrected chi connectivity index (χ3v) is 3.29. The maximum atomic E-state index is 5.86. The van der Waals surface area contributed by atoms with E-state index in [1.54, 1.807) is 0 Å². The van der Waals surface area contributed by atoms with E-state index in [-0.39, 0.29) is 17.0 Å². The molecule has 5 nitrogen and oxygen atoms in total. The molecule has 2 aromatic rings. The molecule has 0 fully saturated rings. The molecule has 0 radical (unpaired) electrons. The molecule has 0 spiro atoms. The number of nitrogens with zero attached hydrogens (tertiary/aromatic N) is 3. The van der Waals surface area contributed by atoms with E-state index in [0.29, 0.717) is 5.89 Å². The zero-order chi connectivity index (χ0) is 15.8. The third-order valence-electron chi connectivity index (χ3n) is 3.29. The molecule has 2 heterocycles. The summed E-state index contributed by atoms with van der Waals surface area (Å²) in [6, 6.07) is -0.00119. The number of hydrogen-bond acceptors (Lipinski definition) is 4. The number of aromatic nitrogens is 3. The Kier molecular flexibility index (Phi) is 3.87. The maximum absolute atomic E-state index is 5.86. The average molecular weight is 290 g/mol. The van der Waals surface area contributed by atoms with E-state index in [9.17, 15) is 0 Å². The summed E-state index contributed by atoms with van der Waals surface area (Å²) in [5.74, 6) is 1.60. The van der Waals surface area contributed by atoms with Gasteiger partial charge in [0.05, 0.1) is 23.6 Å². The van der Waals surface area contributed by atoms with Crippen molar-refractivity contribution in [3.63, 3.8) is 0 Å². The molecular weight excluding hydrogens is 264 g/mol. The van der Waals surface area contributed by atoms with Gasteiger partial charge in [-0.05, 0) is 27.7 Å². The summed E-state index contributed by atoms with van der Waals surface area (Å²) in [6.45, 7) is 14.7. The van der Waals surface area contributed by atoms with Crippen molar-refractivity contribution >= 4 is 5.69 Å². The van der Waals surface area contributed by atoms with Crippen LogP contribution in [0.2, 0.25) is 0 Å². The van der Waals surface area contributed by atoms with Crippen molar-refractivity contribution in [1.82, 2.24) is 14.8 Å². The normalized spacial score (nSPS) is 14.2. The highest BCUT2D eigenvalue weighted by Crippen LogP contribution is 2.26. The molecule has 21 heavy (non-hydrogen) atoms. The Hall–Kier alpha value is -1.78. The lowest BCUT2D eigenvalue weighted by molar-refractivity contribution is 0.355. The second-order valence-electron chi connectivity index (χ2n) is 7.52. The molecule has 0 bridgehead atoms. The van der Waals surface area contributed by atoms with Crippen molar-refractivity contribution in [2.24, 2.45) is 0 Å². The fourth-order valence-corrected chi connectivity index (χ4v) is 1.91. The Morgan fingerprint density at radius 2 is 1.81 bits per heavy atom. The Labute approximate surface area is 126 Å². The van der Waals surface area contributed by atoms with Gasteiger partial charge in [-0.25, -0.2) is 4.98 Å². The molecule has 1 atom stereocenters. The van der Waals surface area contributed by atoms with Gasteiger partial charge in [0.1, 0.15) is 11.8 Å². The van der Waals surface area contributed by atoms with Gasteiger partial charge >= 0.3 is 0 Å². The molecule has 0 saturated carbocycles. The van der Waals surface area contributed by atoms with Crippen molar-refractivity contribution in [3.05, 3.63) is 30.2 Å². The number of oxazole rings is 1. The minimum absolute atomic E-state index is 0.00119. The van der Waals surface area contributed by atoms with E-state index in [2.05, 4.69) is 56.9 Å². The smallest absolute Gasteiger partial charge is 0.216 e. The minimum atomic E-state index is -0.0257. The predicted molar refractivity (Wildman–Crippen MR) is 84.5 cm³/mol. The highest BCUT2D eigenvalue weighted by molar-refractivity contribution is 5.40. The van der Waals surface area contributed by atoms with Crippen LogP contribution in [0.25, 0.3) is 0 Å². The summed E-state index contributed by atoms with van der Waals surface area (Å²) in [7, 11) is 0. The molecule has 5 heteroatoms. The van der Waals surface area contributed by atoms with E-state index in [1.807, 2.05) is 30.2 Å². The van der Waals surface area contributed by atoms with Crippen LogP contribution in [0.4, 0.5) is 5.69 Å². The summed E-state index contributed by atoms with van der Waals surface area (Å²) >= 11 is 0. The van der Waals surface area contributed by atoms with E-state index in [4.69, 9.17) is 4.42 Å². The van der Waals surface area contributed by atoms with Crippen LogP contribution in [0, 0.1) is 0 Å². The quantitative estimate of drug-likeness (QED) is 0.924. The lowest BCUT2D eigenvalue weighted by Crippen LogP contribution is -2.21. The third kappa shape index (κ3) is 3.65. The van der Waals surface area contributed by atoms with Crippen LogP contribution < -0.4 is 5.32 Å². The van der Waals surface area contributed by atoms with Gasteiger partial charge in [0.2, 0.25) is 5.89 Å². The van der Waals surface area contributed by atoms with Gasteiger partial charge in [-0.15, -0.1) is 0 Å². The van der Waals surface area contributed by atoms with Crippen LogP contribution in [0.1, 0.15) is 66.2 Å². The standard InChI is InChI=1S/C16H26N4O/c1-11(14-17-9-13(21-14)15(2,3)4)19-12-8-18-20(10-12)16(5,6)7/h8-11,19H,1-7H3/t11-/m0/s1. The first-order chi connectivity index (χ1) is 9.57. The summed E-state index contributed by atoms with van der Waals surface area (Å²) in [6.07, 6.45) is 5.64. The van der Waals surface area contributed by atoms with Gasteiger partial charge in [0.15, 0.2) is 0 Å². The van der Waals surface area contributed by atoms with Gasteiger partial charge in [0.25, 0.3) is 0 Å². The predicted octanol–water partition coefficient (Wildman–Crippen LogP) is 4.10. The summed E-state index contributed by atoms with van der Waals surface area (Å²) in [5.41, 5.74) is 0.918. The van der Waals surface area contributed by atoms with Crippen LogP contribution in [-0.2, 0) is 11.0 Å². The van der Waals surface area contributed by atoms with Crippen LogP contribution in [0.5, 0.6) is 0 Å². The molecule has 0 aliphatic carbocycles. The van der Waals surface area contributed by atoms with E-state index in [1.165, 1.54) is 0 Å². The molecule has 0 aromatic carbocycles. The molecule has 116 valence electrons. The molecule has 0 unspecified atom stereocenters. The summed E-state index contributed by atoms with van der Waals surface area (Å²) in [4.78, 5) is 4.38. The van der Waals surface area contributed by atoms with Crippen LogP contribution >= 0.6 is 0 Å². The monoisotopic (exact) mass is 290 g/mol. The first-order valence-electron chi connectivity index (χ1n) is 7.35. The number of hydrogen-bond donors (Lipinski definition) is 1. The largest absolute Gasteiger partial charge is 0.443 e. The van der Waals surface area contributed by atoms with Crippen molar-refractivity contribution in [3.8, 4) is 0 Å². The molecule has 1 N–H and O–H groups in total. The average Bonchev–Trinajstić information content (AvgIpc) is 2.94. The summed E-state index contributed by atoms with van der Waals surface area (Å²) in [5, 5.41) is 7.76. The molecule has 0 saturated heterocycles. The van der Waals surface area contributed by atoms with Gasteiger partial charge in [-0.2, -0.15) is 5.10 Å². The first-order valence-corrected chi connectivity index (χ1v) is 7.35. The molecular formula is C16H26N4O. The highest BCUT2D eigenvalue weighted by Gasteiger charge is 2.22. The van der Waals surface area contributed by atoms with E-state index < -0.39 is 0 Å². The maximum Gasteiger partial charge on any atom is 0.216 e. The number of anilines is 1. The van der Waals surface area contributed by atoms with E-state index in [0.717, 1.165) is 11.4 Å². The van der Waals surface area contributed by atoms with Gasteiger partial charge in [-0.3, -0.25) is 4.68 Å². The van der Waals surface area contributed by atoms with Crippen molar-refractivity contribution in [2.75, 3.05) is 5.32 Å². The number of nitrogens with one attached hydrogen (secondary N) is 1. The second kappa shape index (κ2) is 5.20. The minimum Gasteiger partial charge on any atom is -0.443 e. The van der Waals surface area contributed by atoms with Gasteiger partial charge in [0, 0.05) is 11.6 Å². The Balaban J connectivity index is 2.09. The first kappa shape index (κ1) is 15.6. The Morgan fingerprint density at radius 1 is 1.14 bits per heavy atom. The van der Waals surface area contributed by atoms with Crippen LogP contribution in [0.15, 0.2) is 23.0 Å². The topological polar surface area (TPSA) is 55.9 Å².